The number of para-hydroxylation sites is 2. The van der Waals surface area contributed by atoms with E-state index >= 15 is 0 Å². The molecule has 4 rings (SSSR count). The summed E-state index contributed by atoms with van der Waals surface area (Å²) in [5, 5.41) is 0. The largest absolute Gasteiger partial charge is 0.486 e. The molecular formula is C22H20BrNO6. The van der Waals surface area contributed by atoms with Gasteiger partial charge in [0, 0.05) is 17.0 Å². The molecule has 0 spiro atoms. The van der Waals surface area contributed by atoms with E-state index < -0.39 is 5.97 Å². The van der Waals surface area contributed by atoms with Crippen LogP contribution in [0.5, 0.6) is 11.5 Å². The van der Waals surface area contributed by atoms with Crippen molar-refractivity contribution in [3.05, 3.63) is 69.8 Å². The summed E-state index contributed by atoms with van der Waals surface area (Å²) < 4.78 is 24.5. The highest BCUT2D eigenvalue weighted by Gasteiger charge is 2.24. The summed E-state index contributed by atoms with van der Waals surface area (Å²) in [5.41, 5.74) is 2.22. The number of hydrogen-bond acceptors (Lipinski definition) is 6. The van der Waals surface area contributed by atoms with E-state index in [0.29, 0.717) is 29.1 Å². The zero-order valence-electron chi connectivity index (χ0n) is 16.5. The van der Waals surface area contributed by atoms with E-state index in [9.17, 15) is 9.59 Å². The van der Waals surface area contributed by atoms with Crippen LogP contribution >= 0.6 is 15.9 Å². The topological polar surface area (TPSA) is 79.9 Å². The molecule has 0 aliphatic carbocycles. The van der Waals surface area contributed by atoms with Crippen LogP contribution in [-0.2, 0) is 11.3 Å². The minimum atomic E-state index is -0.686. The Morgan fingerprint density at radius 1 is 1.17 bits per heavy atom. The standard InChI is InChI=1S/C22H20BrNO6/c1-13-9-16(17(25)12-28-22(26)20-7-8-21(23)30-20)14(2)24(13)10-15-11-27-18-5-3-4-6-19(18)29-15/h3-9,15H,10-12H2,1-2H3. The van der Waals surface area contributed by atoms with E-state index in [0.717, 1.165) is 17.1 Å². The molecule has 1 aromatic carbocycles. The number of hydrogen-bond donors (Lipinski definition) is 0. The normalized spacial score (nSPS) is 15.1. The maximum absolute atomic E-state index is 12.6. The first-order chi connectivity index (χ1) is 14.4. The Hall–Kier alpha value is -3.00. The molecule has 0 saturated heterocycles. The Balaban J connectivity index is 1.42. The second-order valence-electron chi connectivity index (χ2n) is 7.00. The number of carbonyl (C=O) groups is 2. The number of halogens is 1. The molecule has 1 atom stereocenters. The average Bonchev–Trinajstić information content (AvgIpc) is 3.30. The van der Waals surface area contributed by atoms with Crippen LogP contribution in [0.2, 0.25) is 0 Å². The SMILES string of the molecule is Cc1cc(C(=O)COC(=O)c2ccc(Br)o2)c(C)n1CC1COc2ccccc2O1. The number of esters is 1. The van der Waals surface area contributed by atoms with Gasteiger partial charge < -0.3 is 23.2 Å². The van der Waals surface area contributed by atoms with Crippen LogP contribution in [-0.4, -0.2) is 35.6 Å². The molecule has 0 radical (unpaired) electrons. The fourth-order valence-corrected chi connectivity index (χ4v) is 3.73. The molecule has 1 aliphatic rings. The van der Waals surface area contributed by atoms with Gasteiger partial charge in [-0.15, -0.1) is 0 Å². The smallest absolute Gasteiger partial charge is 0.374 e. The first-order valence-electron chi connectivity index (χ1n) is 9.43. The third kappa shape index (κ3) is 4.14. The van der Waals surface area contributed by atoms with Gasteiger partial charge in [0.25, 0.3) is 0 Å². The lowest BCUT2D eigenvalue weighted by atomic mass is 10.1. The van der Waals surface area contributed by atoms with Gasteiger partial charge in [0.2, 0.25) is 11.5 Å². The van der Waals surface area contributed by atoms with Crippen molar-refractivity contribution in [1.29, 1.82) is 0 Å². The first kappa shape index (κ1) is 20.3. The lowest BCUT2D eigenvalue weighted by Gasteiger charge is -2.27. The number of aryl methyl sites for hydroxylation is 1. The van der Waals surface area contributed by atoms with Gasteiger partial charge in [-0.2, -0.15) is 0 Å². The third-order valence-electron chi connectivity index (χ3n) is 4.94. The van der Waals surface area contributed by atoms with Gasteiger partial charge in [-0.3, -0.25) is 4.79 Å². The van der Waals surface area contributed by atoms with Crippen LogP contribution in [0.15, 0.2) is 51.6 Å². The predicted molar refractivity (Wildman–Crippen MR) is 111 cm³/mol. The Bertz CT molecular complexity index is 1100. The van der Waals surface area contributed by atoms with Gasteiger partial charge in [0.05, 0.1) is 6.54 Å². The Morgan fingerprint density at radius 3 is 2.67 bits per heavy atom. The van der Waals surface area contributed by atoms with Crippen LogP contribution < -0.4 is 9.47 Å². The number of aromatic nitrogens is 1. The van der Waals surface area contributed by atoms with Crippen molar-refractivity contribution in [2.45, 2.75) is 26.5 Å². The Labute approximate surface area is 181 Å². The molecule has 3 heterocycles. The minimum absolute atomic E-state index is 0.0369. The van der Waals surface area contributed by atoms with E-state index in [-0.39, 0.29) is 24.3 Å². The van der Waals surface area contributed by atoms with E-state index in [1.54, 1.807) is 12.1 Å². The quantitative estimate of drug-likeness (QED) is 0.391. The summed E-state index contributed by atoms with van der Waals surface area (Å²) in [6.45, 7) is 4.39. The molecule has 0 fully saturated rings. The summed E-state index contributed by atoms with van der Waals surface area (Å²) in [7, 11) is 0. The highest BCUT2D eigenvalue weighted by atomic mass is 79.9. The Kier molecular flexibility index (Phi) is 5.67. The lowest BCUT2D eigenvalue weighted by Crippen LogP contribution is -2.33. The van der Waals surface area contributed by atoms with Crippen LogP contribution in [0.1, 0.15) is 32.3 Å². The molecule has 0 amide bonds. The molecule has 1 aliphatic heterocycles. The molecule has 0 saturated carbocycles. The van der Waals surface area contributed by atoms with Crippen molar-refractivity contribution in [1.82, 2.24) is 4.57 Å². The summed E-state index contributed by atoms with van der Waals surface area (Å²) in [4.78, 5) is 24.6. The van der Waals surface area contributed by atoms with Crippen molar-refractivity contribution < 1.29 is 28.2 Å². The summed E-state index contributed by atoms with van der Waals surface area (Å²) in [6, 6.07) is 12.4. The molecule has 30 heavy (non-hydrogen) atoms. The molecular weight excluding hydrogens is 454 g/mol. The van der Waals surface area contributed by atoms with Crippen molar-refractivity contribution in [2.24, 2.45) is 0 Å². The Morgan fingerprint density at radius 2 is 1.93 bits per heavy atom. The number of nitrogens with zero attached hydrogens (tertiary/aromatic N) is 1. The summed E-state index contributed by atoms with van der Waals surface area (Å²) in [5.74, 6) is 0.517. The zero-order chi connectivity index (χ0) is 21.3. The van der Waals surface area contributed by atoms with Crippen LogP contribution in [0, 0.1) is 13.8 Å². The van der Waals surface area contributed by atoms with Crippen molar-refractivity contribution in [3.63, 3.8) is 0 Å². The van der Waals surface area contributed by atoms with Gasteiger partial charge in [-0.1, -0.05) is 12.1 Å². The van der Waals surface area contributed by atoms with Crippen LogP contribution in [0.4, 0.5) is 0 Å². The van der Waals surface area contributed by atoms with E-state index in [1.165, 1.54) is 6.07 Å². The van der Waals surface area contributed by atoms with E-state index in [4.69, 9.17) is 18.6 Å². The molecule has 8 heteroatoms. The molecule has 0 bridgehead atoms. The van der Waals surface area contributed by atoms with Crippen molar-refractivity contribution >= 4 is 27.7 Å². The fraction of sp³-hybridized carbons (Fsp3) is 0.273. The fourth-order valence-electron chi connectivity index (χ4n) is 3.43. The minimum Gasteiger partial charge on any atom is -0.486 e. The second-order valence-corrected chi connectivity index (χ2v) is 7.78. The number of rotatable bonds is 6. The highest BCUT2D eigenvalue weighted by Crippen LogP contribution is 2.31. The number of Topliss-reactive ketones (excluding diaryl/α,β-unsaturated/α-hetero) is 1. The summed E-state index contributed by atoms with van der Waals surface area (Å²) in [6.07, 6.45) is -0.178. The van der Waals surface area contributed by atoms with Crippen LogP contribution in [0.25, 0.3) is 0 Å². The van der Waals surface area contributed by atoms with Gasteiger partial charge >= 0.3 is 5.97 Å². The van der Waals surface area contributed by atoms with E-state index in [2.05, 4.69) is 15.9 Å². The maximum Gasteiger partial charge on any atom is 0.374 e. The summed E-state index contributed by atoms with van der Waals surface area (Å²) >= 11 is 3.12. The molecule has 3 aromatic rings. The third-order valence-corrected chi connectivity index (χ3v) is 5.36. The lowest BCUT2D eigenvalue weighted by molar-refractivity contribution is 0.0442. The molecule has 156 valence electrons. The monoisotopic (exact) mass is 473 g/mol. The molecule has 2 aromatic heterocycles. The number of furan rings is 1. The number of ketones is 1. The molecule has 0 N–H and O–H groups in total. The van der Waals surface area contributed by atoms with E-state index in [1.807, 2.05) is 42.7 Å². The first-order valence-corrected chi connectivity index (χ1v) is 10.2. The molecule has 7 nitrogen and oxygen atoms in total. The predicted octanol–water partition coefficient (Wildman–Crippen LogP) is 4.34. The van der Waals surface area contributed by atoms with Gasteiger partial charge in [-0.05, 0) is 60.1 Å². The highest BCUT2D eigenvalue weighted by molar-refractivity contribution is 9.10. The number of fused-ring (bicyclic) bond motifs is 1. The average molecular weight is 474 g/mol. The second kappa shape index (κ2) is 8.39. The molecule has 1 unspecified atom stereocenters. The van der Waals surface area contributed by atoms with Crippen LogP contribution in [0.3, 0.4) is 0 Å². The number of ether oxygens (including phenoxy) is 3. The van der Waals surface area contributed by atoms with Gasteiger partial charge in [0.1, 0.15) is 6.61 Å². The number of benzene rings is 1. The maximum atomic E-state index is 12.6. The van der Waals surface area contributed by atoms with Crippen molar-refractivity contribution in [3.8, 4) is 11.5 Å². The van der Waals surface area contributed by atoms with Gasteiger partial charge in [-0.25, -0.2) is 4.79 Å². The zero-order valence-corrected chi connectivity index (χ0v) is 18.1. The van der Waals surface area contributed by atoms with Gasteiger partial charge in [0.15, 0.2) is 28.9 Å². The van der Waals surface area contributed by atoms with Crippen molar-refractivity contribution in [2.75, 3.05) is 13.2 Å². The number of carbonyl (C=O) groups excluding carboxylic acids is 2.